The molecule has 1 aromatic carbocycles. The molecule has 1 saturated heterocycles. The fraction of sp³-hybridized carbons (Fsp3) is 0.579. The minimum absolute atomic E-state index is 0.00280. The SMILES string of the molecule is CCCCNC(=O)C[NH+]1CC[NH+]([C@H](C)C(=O)Nc2cccc(Cl)c2)CC1. The summed E-state index contributed by atoms with van der Waals surface area (Å²) in [6.45, 7) is 8.96. The highest BCUT2D eigenvalue weighted by molar-refractivity contribution is 6.30. The first-order valence-electron chi connectivity index (χ1n) is 9.51. The lowest BCUT2D eigenvalue weighted by molar-refractivity contribution is -1.01. The van der Waals surface area contributed by atoms with Gasteiger partial charge in [-0.1, -0.05) is 31.0 Å². The molecule has 0 aromatic heterocycles. The molecule has 26 heavy (non-hydrogen) atoms. The van der Waals surface area contributed by atoms with Crippen LogP contribution in [0.3, 0.4) is 0 Å². The minimum Gasteiger partial charge on any atom is -0.351 e. The van der Waals surface area contributed by atoms with Gasteiger partial charge in [0.1, 0.15) is 26.2 Å². The summed E-state index contributed by atoms with van der Waals surface area (Å²) >= 11 is 5.96. The number of benzene rings is 1. The number of halogens is 1. The first-order chi connectivity index (χ1) is 12.5. The number of rotatable bonds is 8. The topological polar surface area (TPSA) is 67.1 Å². The molecule has 1 fully saturated rings. The zero-order valence-electron chi connectivity index (χ0n) is 15.7. The number of amides is 2. The number of quaternary nitrogens is 2. The lowest BCUT2D eigenvalue weighted by Gasteiger charge is -2.32. The number of carbonyl (C=O) groups excluding carboxylic acids is 2. The van der Waals surface area contributed by atoms with E-state index in [0.29, 0.717) is 11.6 Å². The summed E-state index contributed by atoms with van der Waals surface area (Å²) in [6, 6.07) is 7.07. The maximum absolute atomic E-state index is 12.5. The molecule has 7 heteroatoms. The zero-order valence-corrected chi connectivity index (χ0v) is 16.5. The van der Waals surface area contributed by atoms with E-state index in [-0.39, 0.29) is 17.9 Å². The van der Waals surface area contributed by atoms with Gasteiger partial charge in [0.2, 0.25) is 0 Å². The van der Waals surface area contributed by atoms with Crippen LogP contribution < -0.4 is 20.4 Å². The van der Waals surface area contributed by atoms with Crippen LogP contribution in [0.5, 0.6) is 0 Å². The van der Waals surface area contributed by atoms with Crippen LogP contribution in [0.1, 0.15) is 26.7 Å². The predicted molar refractivity (Wildman–Crippen MR) is 104 cm³/mol. The van der Waals surface area contributed by atoms with Gasteiger partial charge in [-0.15, -0.1) is 0 Å². The molecule has 0 aliphatic carbocycles. The summed E-state index contributed by atoms with van der Waals surface area (Å²) in [7, 11) is 0. The molecule has 1 aromatic rings. The fourth-order valence-corrected chi connectivity index (χ4v) is 3.42. The summed E-state index contributed by atoms with van der Waals surface area (Å²) in [5, 5.41) is 6.52. The van der Waals surface area contributed by atoms with E-state index in [1.807, 2.05) is 19.1 Å². The monoisotopic (exact) mass is 382 g/mol. The highest BCUT2D eigenvalue weighted by atomic mass is 35.5. The van der Waals surface area contributed by atoms with Gasteiger partial charge in [0.15, 0.2) is 12.6 Å². The van der Waals surface area contributed by atoms with Gasteiger partial charge in [-0.2, -0.15) is 0 Å². The maximum Gasteiger partial charge on any atom is 0.282 e. The number of hydrogen-bond donors (Lipinski definition) is 4. The van der Waals surface area contributed by atoms with Crippen molar-refractivity contribution in [1.82, 2.24) is 5.32 Å². The van der Waals surface area contributed by atoms with Crippen LogP contribution in [0, 0.1) is 0 Å². The summed E-state index contributed by atoms with van der Waals surface area (Å²) in [5.41, 5.74) is 0.724. The second-order valence-electron chi connectivity index (χ2n) is 7.01. The van der Waals surface area contributed by atoms with Crippen molar-refractivity contribution in [1.29, 1.82) is 0 Å². The first kappa shape index (κ1) is 20.7. The van der Waals surface area contributed by atoms with Crippen LogP contribution in [0.2, 0.25) is 5.02 Å². The molecule has 2 amide bonds. The average molecular weight is 383 g/mol. The number of carbonyl (C=O) groups is 2. The van der Waals surface area contributed by atoms with Crippen molar-refractivity contribution in [3.8, 4) is 0 Å². The summed E-state index contributed by atoms with van der Waals surface area (Å²) < 4.78 is 0. The third-order valence-electron chi connectivity index (χ3n) is 4.96. The van der Waals surface area contributed by atoms with E-state index in [1.165, 1.54) is 9.80 Å². The number of nitrogens with one attached hydrogen (secondary N) is 4. The second-order valence-corrected chi connectivity index (χ2v) is 7.45. The van der Waals surface area contributed by atoms with Crippen molar-refractivity contribution >= 4 is 29.1 Å². The van der Waals surface area contributed by atoms with Crippen molar-refractivity contribution in [2.75, 3.05) is 44.6 Å². The Morgan fingerprint density at radius 3 is 2.62 bits per heavy atom. The van der Waals surface area contributed by atoms with Crippen molar-refractivity contribution in [2.24, 2.45) is 0 Å². The lowest BCUT2D eigenvalue weighted by Crippen LogP contribution is -3.30. The summed E-state index contributed by atoms with van der Waals surface area (Å²) in [4.78, 5) is 27.0. The highest BCUT2D eigenvalue weighted by Gasteiger charge is 2.31. The lowest BCUT2D eigenvalue weighted by atomic mass is 10.2. The average Bonchev–Trinajstić information content (AvgIpc) is 2.62. The van der Waals surface area contributed by atoms with E-state index in [2.05, 4.69) is 17.6 Å². The van der Waals surface area contributed by atoms with Crippen LogP contribution in [-0.2, 0) is 9.59 Å². The molecule has 0 spiro atoms. The molecule has 4 N–H and O–H groups in total. The van der Waals surface area contributed by atoms with Crippen molar-refractivity contribution in [2.45, 2.75) is 32.7 Å². The molecule has 1 atom stereocenters. The van der Waals surface area contributed by atoms with Crippen LogP contribution >= 0.6 is 11.6 Å². The molecule has 2 rings (SSSR count). The maximum atomic E-state index is 12.5. The number of piperazine rings is 1. The minimum atomic E-state index is -0.131. The largest absolute Gasteiger partial charge is 0.351 e. The van der Waals surface area contributed by atoms with Crippen LogP contribution in [0.4, 0.5) is 5.69 Å². The summed E-state index contributed by atoms with van der Waals surface area (Å²) in [5.74, 6) is 0.131. The molecule has 0 unspecified atom stereocenters. The number of hydrogen-bond acceptors (Lipinski definition) is 2. The van der Waals surface area contributed by atoms with Crippen LogP contribution in [0.15, 0.2) is 24.3 Å². The number of anilines is 1. The van der Waals surface area contributed by atoms with E-state index in [4.69, 9.17) is 11.6 Å². The second kappa shape index (κ2) is 10.5. The van der Waals surface area contributed by atoms with E-state index in [9.17, 15) is 9.59 Å². The molecule has 1 aliphatic rings. The van der Waals surface area contributed by atoms with Gasteiger partial charge in [-0.3, -0.25) is 9.59 Å². The number of unbranched alkanes of at least 4 members (excludes halogenated alkanes) is 1. The smallest absolute Gasteiger partial charge is 0.282 e. The molecule has 0 radical (unpaired) electrons. The van der Waals surface area contributed by atoms with Gasteiger partial charge >= 0.3 is 0 Å². The van der Waals surface area contributed by atoms with Gasteiger partial charge in [0.05, 0.1) is 0 Å². The standard InChI is InChI=1S/C19H29ClN4O2/c1-3-4-8-21-18(25)14-23-9-11-24(12-10-23)15(2)19(26)22-17-7-5-6-16(20)13-17/h5-7,13,15H,3-4,8-12,14H2,1-2H3,(H,21,25)(H,22,26)/p+2/t15-/m1/s1. The van der Waals surface area contributed by atoms with Gasteiger partial charge in [0.25, 0.3) is 11.8 Å². The Balaban J connectivity index is 1.74. The molecule has 0 bridgehead atoms. The third kappa shape index (κ3) is 6.59. The highest BCUT2D eigenvalue weighted by Crippen LogP contribution is 2.14. The third-order valence-corrected chi connectivity index (χ3v) is 5.20. The Labute approximate surface area is 160 Å². The quantitative estimate of drug-likeness (QED) is 0.452. The van der Waals surface area contributed by atoms with E-state index >= 15 is 0 Å². The van der Waals surface area contributed by atoms with Crippen molar-refractivity contribution < 1.29 is 19.4 Å². The normalized spacial score (nSPS) is 21.0. The van der Waals surface area contributed by atoms with Crippen LogP contribution in [-0.4, -0.2) is 57.1 Å². The first-order valence-corrected chi connectivity index (χ1v) is 9.88. The van der Waals surface area contributed by atoms with Gasteiger partial charge < -0.3 is 20.4 Å². The fourth-order valence-electron chi connectivity index (χ4n) is 3.23. The summed E-state index contributed by atoms with van der Waals surface area (Å²) in [6.07, 6.45) is 2.11. The predicted octanol–water partition coefficient (Wildman–Crippen LogP) is -0.633. The molecule has 1 aliphatic heterocycles. The Morgan fingerprint density at radius 2 is 1.96 bits per heavy atom. The molecular weight excluding hydrogens is 352 g/mol. The Morgan fingerprint density at radius 1 is 1.23 bits per heavy atom. The van der Waals surface area contributed by atoms with Crippen LogP contribution in [0.25, 0.3) is 0 Å². The van der Waals surface area contributed by atoms with Gasteiger partial charge in [0, 0.05) is 17.3 Å². The zero-order chi connectivity index (χ0) is 18.9. The van der Waals surface area contributed by atoms with Gasteiger partial charge in [-0.25, -0.2) is 0 Å². The molecule has 6 nitrogen and oxygen atoms in total. The molecule has 1 heterocycles. The van der Waals surface area contributed by atoms with E-state index in [1.54, 1.807) is 12.1 Å². The Hall–Kier alpha value is -1.63. The molecule has 144 valence electrons. The Kier molecular flexibility index (Phi) is 8.35. The van der Waals surface area contributed by atoms with E-state index < -0.39 is 0 Å². The van der Waals surface area contributed by atoms with Crippen molar-refractivity contribution in [3.63, 3.8) is 0 Å². The van der Waals surface area contributed by atoms with Crippen molar-refractivity contribution in [3.05, 3.63) is 29.3 Å². The Bertz CT molecular complexity index is 603. The molecule has 0 saturated carbocycles. The molecular formula is C19H31ClN4O2+2. The van der Waals surface area contributed by atoms with Gasteiger partial charge in [-0.05, 0) is 31.5 Å². The van der Waals surface area contributed by atoms with E-state index in [0.717, 1.165) is 51.3 Å².